The first-order valence-corrected chi connectivity index (χ1v) is 9.71. The summed E-state index contributed by atoms with van der Waals surface area (Å²) in [7, 11) is 0. The van der Waals surface area contributed by atoms with E-state index in [1.807, 2.05) is 36.4 Å². The van der Waals surface area contributed by atoms with Crippen molar-refractivity contribution in [3.8, 4) is 0 Å². The van der Waals surface area contributed by atoms with Gasteiger partial charge in [0.25, 0.3) is 0 Å². The molecule has 0 aliphatic rings. The molecule has 0 spiro atoms. The van der Waals surface area contributed by atoms with Gasteiger partial charge in [0.2, 0.25) is 0 Å². The van der Waals surface area contributed by atoms with Gasteiger partial charge in [-0.05, 0) is 13.8 Å². The number of aryl methyl sites for hydroxylation is 2. The van der Waals surface area contributed by atoms with Crippen LogP contribution in [0.4, 0.5) is 43.9 Å². The van der Waals surface area contributed by atoms with Gasteiger partial charge in [-0.3, -0.25) is 17.6 Å². The summed E-state index contributed by atoms with van der Waals surface area (Å²) in [5.74, 6) is -20.1. The minimum Gasteiger partial charge on any atom is -0.278 e. The van der Waals surface area contributed by atoms with E-state index in [-0.39, 0.29) is 16.5 Å². The monoisotopic (exact) mass is 576 g/mol. The summed E-state index contributed by atoms with van der Waals surface area (Å²) in [6.45, 7) is 4.17. The first kappa shape index (κ1) is 33.7. The zero-order valence-corrected chi connectivity index (χ0v) is 19.9. The predicted octanol–water partition coefficient (Wildman–Crippen LogP) is 8.35. The Bertz CT molecular complexity index is 1100. The summed E-state index contributed by atoms with van der Waals surface area (Å²) in [5, 5.41) is 0. The van der Waals surface area contributed by atoms with Gasteiger partial charge in [0.05, 0.1) is 58.2 Å². The Morgan fingerprint density at radius 3 is 0.757 bits per heavy atom. The molecule has 0 heterocycles. The van der Waals surface area contributed by atoms with E-state index < -0.39 is 58.2 Å². The van der Waals surface area contributed by atoms with Crippen LogP contribution in [0.1, 0.15) is 11.1 Å². The average molecular weight is 577 g/mol. The molecule has 0 N–H and O–H groups in total. The van der Waals surface area contributed by atoms with Crippen LogP contribution in [0, 0.1) is 84.2 Å². The van der Waals surface area contributed by atoms with Gasteiger partial charge >= 0.3 is 16.5 Å². The minimum absolute atomic E-state index is 0. The second-order valence-electron chi connectivity index (χ2n) is 6.70. The number of halogens is 10. The summed E-state index contributed by atoms with van der Waals surface area (Å²) < 4.78 is 120. The first-order chi connectivity index (χ1) is 16.9. The van der Waals surface area contributed by atoms with Gasteiger partial charge in [-0.25, -0.2) is 26.3 Å². The Morgan fingerprint density at radius 2 is 0.595 bits per heavy atom. The molecule has 0 aliphatic carbocycles. The topological polar surface area (TPSA) is 0 Å². The fourth-order valence-electron chi connectivity index (χ4n) is 2.06. The summed E-state index contributed by atoms with van der Waals surface area (Å²) in [4.78, 5) is 0. The summed E-state index contributed by atoms with van der Waals surface area (Å²) in [6, 6.07) is 22.6. The number of benzene rings is 4. The van der Waals surface area contributed by atoms with Crippen molar-refractivity contribution in [1.82, 2.24) is 0 Å². The van der Waals surface area contributed by atoms with Crippen molar-refractivity contribution in [2.24, 2.45) is 0 Å². The van der Waals surface area contributed by atoms with Gasteiger partial charge in [-0.1, -0.05) is 71.8 Å². The van der Waals surface area contributed by atoms with Crippen molar-refractivity contribution in [3.63, 3.8) is 0 Å². The van der Waals surface area contributed by atoms with Crippen molar-refractivity contribution in [2.75, 3.05) is 0 Å². The SMILES string of the molecule is Cc1ccccc1.Cc1ccccc1.Fc1[c-]c(F)c(F)c(F)c1F.Fc1[c-]c(F)c(F)c(F)c1F.[Ni+2]. The van der Waals surface area contributed by atoms with E-state index in [0.717, 1.165) is 12.1 Å². The van der Waals surface area contributed by atoms with Gasteiger partial charge in [-0.2, -0.15) is 0 Å². The van der Waals surface area contributed by atoms with Crippen LogP contribution in [0.3, 0.4) is 0 Å². The van der Waals surface area contributed by atoms with E-state index in [2.05, 4.69) is 38.1 Å². The Morgan fingerprint density at radius 1 is 0.378 bits per heavy atom. The molecule has 0 nitrogen and oxygen atoms in total. The number of rotatable bonds is 0. The third-order valence-corrected chi connectivity index (χ3v) is 3.86. The fraction of sp³-hybridized carbons (Fsp3) is 0.0769. The molecule has 37 heavy (non-hydrogen) atoms. The minimum atomic E-state index is -2.17. The smallest absolute Gasteiger partial charge is 0.278 e. The third-order valence-electron chi connectivity index (χ3n) is 3.86. The molecule has 0 unspecified atom stereocenters. The van der Waals surface area contributed by atoms with Gasteiger partial charge in [0.15, 0.2) is 0 Å². The van der Waals surface area contributed by atoms with Gasteiger partial charge < -0.3 is 0 Å². The molecule has 4 rings (SSSR count). The van der Waals surface area contributed by atoms with E-state index in [1.165, 1.54) is 11.1 Å². The largest absolute Gasteiger partial charge is 2.00 e. The quantitative estimate of drug-likeness (QED) is 0.0649. The Balaban J connectivity index is 0.000000473. The van der Waals surface area contributed by atoms with Crippen molar-refractivity contribution < 1.29 is 60.4 Å². The van der Waals surface area contributed by atoms with E-state index in [0.29, 0.717) is 0 Å². The normalized spacial score (nSPS) is 9.41. The molecule has 0 aromatic heterocycles. The second kappa shape index (κ2) is 16.4. The Labute approximate surface area is 216 Å². The zero-order chi connectivity index (χ0) is 27.4. The molecular formula is C26H16F10Ni. The summed E-state index contributed by atoms with van der Waals surface area (Å²) >= 11 is 0. The Kier molecular flexibility index (Phi) is 14.9. The van der Waals surface area contributed by atoms with Crippen LogP contribution in [0.15, 0.2) is 60.7 Å². The second-order valence-corrected chi connectivity index (χ2v) is 6.70. The van der Waals surface area contributed by atoms with Crippen molar-refractivity contribution in [1.29, 1.82) is 0 Å². The molecule has 0 radical (unpaired) electrons. The molecular weight excluding hydrogens is 561 g/mol. The van der Waals surface area contributed by atoms with E-state index in [1.54, 1.807) is 0 Å². The molecule has 0 saturated heterocycles. The van der Waals surface area contributed by atoms with Crippen LogP contribution in [0.25, 0.3) is 0 Å². The fourth-order valence-corrected chi connectivity index (χ4v) is 2.06. The van der Waals surface area contributed by atoms with Gasteiger partial charge in [-0.15, -0.1) is 12.1 Å². The van der Waals surface area contributed by atoms with Crippen molar-refractivity contribution in [2.45, 2.75) is 13.8 Å². The van der Waals surface area contributed by atoms with Crippen LogP contribution in [0.2, 0.25) is 0 Å². The standard InChI is InChI=1S/2C7H8.2C6F5.Ni/c2*1-7-5-3-2-4-6-7;2*7-2-1-3(8)5(10)6(11)4(2)9;/h2*2-6H,1H3;;;/q;;2*-1;+2. The van der Waals surface area contributed by atoms with E-state index >= 15 is 0 Å². The molecule has 4 aromatic rings. The summed E-state index contributed by atoms with van der Waals surface area (Å²) in [6.07, 6.45) is 0. The van der Waals surface area contributed by atoms with Crippen molar-refractivity contribution in [3.05, 3.63) is 142 Å². The van der Waals surface area contributed by atoms with Crippen molar-refractivity contribution >= 4 is 0 Å². The number of hydrogen-bond acceptors (Lipinski definition) is 0. The molecule has 200 valence electrons. The summed E-state index contributed by atoms with van der Waals surface area (Å²) in [5.41, 5.74) is 2.64. The van der Waals surface area contributed by atoms with Gasteiger partial charge in [0, 0.05) is 0 Å². The predicted molar refractivity (Wildman–Crippen MR) is 112 cm³/mol. The molecule has 0 saturated carbocycles. The maximum absolute atomic E-state index is 12.0. The molecule has 0 atom stereocenters. The first-order valence-electron chi connectivity index (χ1n) is 9.71. The van der Waals surface area contributed by atoms with E-state index in [9.17, 15) is 43.9 Å². The van der Waals surface area contributed by atoms with Crippen LogP contribution < -0.4 is 0 Å². The number of hydrogen-bond donors (Lipinski definition) is 0. The molecule has 0 bridgehead atoms. The maximum Gasteiger partial charge on any atom is 2.00 e. The van der Waals surface area contributed by atoms with Crippen LogP contribution in [-0.4, -0.2) is 0 Å². The van der Waals surface area contributed by atoms with Crippen LogP contribution in [-0.2, 0) is 16.5 Å². The van der Waals surface area contributed by atoms with Crippen LogP contribution in [0.5, 0.6) is 0 Å². The van der Waals surface area contributed by atoms with E-state index in [4.69, 9.17) is 0 Å². The maximum atomic E-state index is 12.0. The molecule has 0 fully saturated rings. The molecule has 11 heteroatoms. The molecule has 0 aliphatic heterocycles. The van der Waals surface area contributed by atoms with Gasteiger partial charge in [0.1, 0.15) is 0 Å². The van der Waals surface area contributed by atoms with Crippen LogP contribution >= 0.6 is 0 Å². The average Bonchev–Trinajstić information content (AvgIpc) is 2.86. The zero-order valence-electron chi connectivity index (χ0n) is 18.9. The Hall–Kier alpha value is -3.33. The molecule has 0 amide bonds. The molecule has 4 aromatic carbocycles. The third kappa shape index (κ3) is 11.1.